The minimum atomic E-state index is -0.394. The monoisotopic (exact) mass is 321 g/mol. The van der Waals surface area contributed by atoms with Gasteiger partial charge in [0.2, 0.25) is 0 Å². The number of ether oxygens (including phenoxy) is 1. The molecule has 0 spiro atoms. The Bertz CT molecular complexity index is 392. The maximum atomic E-state index is 12.0. The van der Waals surface area contributed by atoms with Crippen molar-refractivity contribution in [1.82, 2.24) is 4.90 Å². The number of methoxy groups -OCH3 is 1. The molecule has 1 rings (SSSR count). The third-order valence-electron chi connectivity index (χ3n) is 2.32. The molecule has 1 N–H and O–H groups in total. The zero-order valence-electron chi connectivity index (χ0n) is 10.1. The third kappa shape index (κ3) is 3.97. The molecule has 1 aromatic heterocycles. The van der Waals surface area contributed by atoms with Crippen LogP contribution in [0, 0.1) is 0 Å². The van der Waals surface area contributed by atoms with Crippen LogP contribution in [0.2, 0.25) is 0 Å². The van der Waals surface area contributed by atoms with Crippen LogP contribution in [0.1, 0.15) is 23.0 Å². The predicted octanol–water partition coefficient (Wildman–Crippen LogP) is 2.36. The second kappa shape index (κ2) is 6.37. The van der Waals surface area contributed by atoms with Gasteiger partial charge in [-0.05, 0) is 29.3 Å². The summed E-state index contributed by atoms with van der Waals surface area (Å²) in [7, 11) is 3.29. The maximum absolute atomic E-state index is 12.0. The van der Waals surface area contributed by atoms with Gasteiger partial charge in [-0.3, -0.25) is 4.79 Å². The lowest BCUT2D eigenvalue weighted by Crippen LogP contribution is -2.28. The van der Waals surface area contributed by atoms with Crippen LogP contribution in [0.4, 0.5) is 0 Å². The van der Waals surface area contributed by atoms with Crippen LogP contribution in [0.25, 0.3) is 0 Å². The van der Waals surface area contributed by atoms with Gasteiger partial charge >= 0.3 is 0 Å². The van der Waals surface area contributed by atoms with Crippen LogP contribution in [-0.2, 0) is 0 Å². The number of nitrogens with zero attached hydrogens (tertiary/aromatic N) is 1. The highest BCUT2D eigenvalue weighted by molar-refractivity contribution is 9.11. The van der Waals surface area contributed by atoms with E-state index in [-0.39, 0.29) is 5.91 Å². The third-order valence-corrected chi connectivity index (χ3v) is 4.08. The summed E-state index contributed by atoms with van der Waals surface area (Å²) in [5, 5.41) is 9.18. The molecule has 1 aromatic rings. The van der Waals surface area contributed by atoms with Crippen molar-refractivity contribution in [3.05, 3.63) is 14.7 Å². The second-order valence-electron chi connectivity index (χ2n) is 3.82. The summed E-state index contributed by atoms with van der Waals surface area (Å²) in [6.07, 6.45) is 0.182. The highest BCUT2D eigenvalue weighted by Gasteiger charge is 2.17. The molecule has 17 heavy (non-hydrogen) atoms. The number of hydrogen-bond acceptors (Lipinski definition) is 4. The van der Waals surface area contributed by atoms with Crippen molar-refractivity contribution >= 4 is 33.2 Å². The first-order valence-corrected chi connectivity index (χ1v) is 6.83. The Morgan fingerprint density at radius 1 is 1.71 bits per heavy atom. The van der Waals surface area contributed by atoms with E-state index in [1.807, 2.05) is 0 Å². The fourth-order valence-electron chi connectivity index (χ4n) is 1.27. The molecule has 96 valence electrons. The van der Waals surface area contributed by atoms with Crippen molar-refractivity contribution in [2.24, 2.45) is 0 Å². The van der Waals surface area contributed by atoms with Gasteiger partial charge in [0.05, 0.1) is 18.1 Å². The molecule has 6 heteroatoms. The SMILES string of the molecule is COc1cc(C(=O)N(C)CCC(C)O)sc1Br. The minimum absolute atomic E-state index is 0.0559. The number of carbonyl (C=O) groups is 1. The van der Waals surface area contributed by atoms with Gasteiger partial charge in [0.1, 0.15) is 9.54 Å². The molecule has 0 aliphatic rings. The van der Waals surface area contributed by atoms with E-state index in [0.717, 1.165) is 3.79 Å². The van der Waals surface area contributed by atoms with Crippen molar-refractivity contribution in [2.45, 2.75) is 19.4 Å². The zero-order chi connectivity index (χ0) is 13.0. The quantitative estimate of drug-likeness (QED) is 0.905. The summed E-state index contributed by atoms with van der Waals surface area (Å²) in [6.45, 7) is 2.25. The molecule has 0 bridgehead atoms. The number of hydrogen-bond donors (Lipinski definition) is 1. The molecule has 0 fully saturated rings. The molecular formula is C11H16BrNO3S. The lowest BCUT2D eigenvalue weighted by atomic mass is 10.2. The zero-order valence-corrected chi connectivity index (χ0v) is 12.5. The van der Waals surface area contributed by atoms with E-state index in [1.54, 1.807) is 32.0 Å². The molecular weight excluding hydrogens is 306 g/mol. The Balaban J connectivity index is 2.68. The Hall–Kier alpha value is -0.590. The first-order chi connectivity index (χ1) is 7.95. The molecule has 1 heterocycles. The van der Waals surface area contributed by atoms with Crippen molar-refractivity contribution in [3.8, 4) is 5.75 Å². The summed E-state index contributed by atoms with van der Waals surface area (Å²) in [5.41, 5.74) is 0. The Kier molecular flexibility index (Phi) is 5.42. The average molecular weight is 322 g/mol. The van der Waals surface area contributed by atoms with Crippen LogP contribution in [0.5, 0.6) is 5.75 Å². The summed E-state index contributed by atoms with van der Waals surface area (Å²) in [5.74, 6) is 0.613. The van der Waals surface area contributed by atoms with E-state index in [9.17, 15) is 9.90 Å². The van der Waals surface area contributed by atoms with Crippen LogP contribution >= 0.6 is 27.3 Å². The van der Waals surface area contributed by atoms with Crippen LogP contribution in [0.15, 0.2) is 9.85 Å². The number of carbonyl (C=O) groups excluding carboxylic acids is 1. The van der Waals surface area contributed by atoms with Gasteiger partial charge in [-0.1, -0.05) is 0 Å². The molecule has 0 aromatic carbocycles. The number of aliphatic hydroxyl groups excluding tert-OH is 1. The van der Waals surface area contributed by atoms with Gasteiger partial charge in [0, 0.05) is 19.7 Å². The normalized spacial score (nSPS) is 12.3. The first kappa shape index (κ1) is 14.5. The molecule has 0 aliphatic carbocycles. The van der Waals surface area contributed by atoms with Gasteiger partial charge in [0.15, 0.2) is 0 Å². The van der Waals surface area contributed by atoms with Crippen molar-refractivity contribution in [1.29, 1.82) is 0 Å². The van der Waals surface area contributed by atoms with E-state index < -0.39 is 6.10 Å². The van der Waals surface area contributed by atoms with Crippen molar-refractivity contribution in [3.63, 3.8) is 0 Å². The standard InChI is InChI=1S/C11H16BrNO3S/c1-7(14)4-5-13(2)11(15)9-6-8(16-3)10(12)17-9/h6-7,14H,4-5H2,1-3H3. The molecule has 0 saturated heterocycles. The van der Waals surface area contributed by atoms with Crippen molar-refractivity contribution in [2.75, 3.05) is 20.7 Å². The Labute approximate surface area is 113 Å². The van der Waals surface area contributed by atoms with Gasteiger partial charge < -0.3 is 14.7 Å². The van der Waals surface area contributed by atoms with Crippen LogP contribution in [-0.4, -0.2) is 42.7 Å². The molecule has 1 unspecified atom stereocenters. The van der Waals surface area contributed by atoms with E-state index in [1.165, 1.54) is 11.3 Å². The van der Waals surface area contributed by atoms with Gasteiger partial charge in [-0.25, -0.2) is 0 Å². The molecule has 0 aliphatic heterocycles. The topological polar surface area (TPSA) is 49.8 Å². The number of thiophene rings is 1. The maximum Gasteiger partial charge on any atom is 0.263 e. The predicted molar refractivity (Wildman–Crippen MR) is 71.8 cm³/mol. The van der Waals surface area contributed by atoms with Crippen LogP contribution in [0.3, 0.4) is 0 Å². The highest BCUT2D eigenvalue weighted by atomic mass is 79.9. The largest absolute Gasteiger partial charge is 0.495 e. The fourth-order valence-corrected chi connectivity index (χ4v) is 2.91. The van der Waals surface area contributed by atoms with Crippen LogP contribution < -0.4 is 4.74 Å². The highest BCUT2D eigenvalue weighted by Crippen LogP contribution is 2.34. The minimum Gasteiger partial charge on any atom is -0.495 e. The van der Waals surface area contributed by atoms with E-state index in [4.69, 9.17) is 4.74 Å². The van der Waals surface area contributed by atoms with Gasteiger partial charge in [-0.2, -0.15) is 0 Å². The molecule has 0 saturated carbocycles. The lowest BCUT2D eigenvalue weighted by molar-refractivity contribution is 0.0773. The Morgan fingerprint density at radius 2 is 2.35 bits per heavy atom. The number of rotatable bonds is 5. The number of aliphatic hydroxyl groups is 1. The average Bonchev–Trinajstić information content (AvgIpc) is 2.66. The first-order valence-electron chi connectivity index (χ1n) is 5.22. The fraction of sp³-hybridized carbons (Fsp3) is 0.545. The summed E-state index contributed by atoms with van der Waals surface area (Å²) < 4.78 is 5.92. The summed E-state index contributed by atoms with van der Waals surface area (Å²) >= 11 is 4.69. The number of amides is 1. The van der Waals surface area contributed by atoms with E-state index in [0.29, 0.717) is 23.6 Å². The molecule has 1 atom stereocenters. The number of halogens is 1. The smallest absolute Gasteiger partial charge is 0.263 e. The van der Waals surface area contributed by atoms with Gasteiger partial charge in [-0.15, -0.1) is 11.3 Å². The van der Waals surface area contributed by atoms with Crippen molar-refractivity contribution < 1.29 is 14.6 Å². The molecule has 4 nitrogen and oxygen atoms in total. The summed E-state index contributed by atoms with van der Waals surface area (Å²) in [6, 6.07) is 1.72. The second-order valence-corrected chi connectivity index (χ2v) is 6.19. The van der Waals surface area contributed by atoms with Gasteiger partial charge in [0.25, 0.3) is 5.91 Å². The molecule has 0 radical (unpaired) electrons. The molecule has 1 amide bonds. The van der Waals surface area contributed by atoms with E-state index >= 15 is 0 Å². The summed E-state index contributed by atoms with van der Waals surface area (Å²) in [4.78, 5) is 14.2. The van der Waals surface area contributed by atoms with E-state index in [2.05, 4.69) is 15.9 Å². The Morgan fingerprint density at radius 3 is 2.82 bits per heavy atom. The lowest BCUT2D eigenvalue weighted by Gasteiger charge is -2.16.